The van der Waals surface area contributed by atoms with Crippen LogP contribution in [0, 0.1) is 11.7 Å². The minimum absolute atomic E-state index is 0.000599. The quantitative estimate of drug-likeness (QED) is 0.788. The van der Waals surface area contributed by atoms with Gasteiger partial charge in [-0.2, -0.15) is 0 Å². The van der Waals surface area contributed by atoms with Gasteiger partial charge in [-0.05, 0) is 30.0 Å². The molecule has 0 saturated heterocycles. The summed E-state index contributed by atoms with van der Waals surface area (Å²) in [5, 5.41) is 2.72. The standard InChI is InChI=1S/C13H19FN2O/c1-10(8-13(17)16-6-5-15)7-11-3-2-4-12(14)9-11/h2-4,9-10H,5-8,15H2,1H3,(H,16,17). The molecule has 0 spiro atoms. The minimum Gasteiger partial charge on any atom is -0.355 e. The number of amides is 1. The molecule has 0 aliphatic rings. The molecule has 1 rings (SSSR count). The monoisotopic (exact) mass is 238 g/mol. The van der Waals surface area contributed by atoms with Crippen LogP contribution in [0.5, 0.6) is 0 Å². The molecular formula is C13H19FN2O. The van der Waals surface area contributed by atoms with Crippen LogP contribution in [-0.4, -0.2) is 19.0 Å². The van der Waals surface area contributed by atoms with Gasteiger partial charge in [0.15, 0.2) is 0 Å². The van der Waals surface area contributed by atoms with Gasteiger partial charge in [-0.1, -0.05) is 19.1 Å². The maximum absolute atomic E-state index is 13.0. The first-order valence-corrected chi connectivity index (χ1v) is 5.83. The molecular weight excluding hydrogens is 219 g/mol. The normalized spacial score (nSPS) is 12.2. The number of nitrogens with two attached hydrogens (primary N) is 1. The van der Waals surface area contributed by atoms with Crippen molar-refractivity contribution in [2.75, 3.05) is 13.1 Å². The fourth-order valence-corrected chi connectivity index (χ4v) is 1.74. The SMILES string of the molecule is CC(CC(=O)NCCN)Cc1cccc(F)c1. The summed E-state index contributed by atoms with van der Waals surface area (Å²) in [6, 6.07) is 6.49. The van der Waals surface area contributed by atoms with E-state index in [9.17, 15) is 9.18 Å². The predicted octanol–water partition coefficient (Wildman–Crippen LogP) is 1.47. The number of halogens is 1. The Morgan fingerprint density at radius 1 is 1.53 bits per heavy atom. The molecule has 1 unspecified atom stereocenters. The van der Waals surface area contributed by atoms with Gasteiger partial charge in [0.25, 0.3) is 0 Å². The molecule has 1 atom stereocenters. The highest BCUT2D eigenvalue weighted by molar-refractivity contribution is 5.76. The molecule has 0 bridgehead atoms. The van der Waals surface area contributed by atoms with Crippen LogP contribution < -0.4 is 11.1 Å². The topological polar surface area (TPSA) is 55.1 Å². The zero-order valence-electron chi connectivity index (χ0n) is 10.1. The fraction of sp³-hybridized carbons (Fsp3) is 0.462. The smallest absolute Gasteiger partial charge is 0.220 e. The van der Waals surface area contributed by atoms with Crippen molar-refractivity contribution in [3.8, 4) is 0 Å². The maximum Gasteiger partial charge on any atom is 0.220 e. The van der Waals surface area contributed by atoms with Gasteiger partial charge in [0.1, 0.15) is 5.82 Å². The number of benzene rings is 1. The van der Waals surface area contributed by atoms with E-state index in [1.165, 1.54) is 12.1 Å². The number of rotatable bonds is 6. The summed E-state index contributed by atoms with van der Waals surface area (Å²) in [5.41, 5.74) is 6.21. The Balaban J connectivity index is 2.39. The van der Waals surface area contributed by atoms with Gasteiger partial charge in [0, 0.05) is 19.5 Å². The van der Waals surface area contributed by atoms with Crippen LogP contribution >= 0.6 is 0 Å². The molecule has 0 aromatic heterocycles. The molecule has 0 aliphatic carbocycles. The van der Waals surface area contributed by atoms with Crippen molar-refractivity contribution >= 4 is 5.91 Å². The van der Waals surface area contributed by atoms with E-state index >= 15 is 0 Å². The molecule has 1 aromatic rings. The van der Waals surface area contributed by atoms with Gasteiger partial charge in [-0.15, -0.1) is 0 Å². The van der Waals surface area contributed by atoms with Gasteiger partial charge < -0.3 is 11.1 Å². The largest absolute Gasteiger partial charge is 0.355 e. The van der Waals surface area contributed by atoms with Crippen LogP contribution in [0.3, 0.4) is 0 Å². The fourth-order valence-electron chi connectivity index (χ4n) is 1.74. The molecule has 0 fully saturated rings. The third kappa shape index (κ3) is 5.45. The van der Waals surface area contributed by atoms with Gasteiger partial charge in [-0.3, -0.25) is 4.79 Å². The lowest BCUT2D eigenvalue weighted by atomic mass is 9.98. The van der Waals surface area contributed by atoms with Crippen molar-refractivity contribution in [1.29, 1.82) is 0 Å². The van der Waals surface area contributed by atoms with Crippen LogP contribution in [0.25, 0.3) is 0 Å². The Morgan fingerprint density at radius 2 is 2.29 bits per heavy atom. The average molecular weight is 238 g/mol. The number of hydrogen-bond donors (Lipinski definition) is 2. The van der Waals surface area contributed by atoms with E-state index in [-0.39, 0.29) is 17.6 Å². The van der Waals surface area contributed by atoms with Crippen LogP contribution in [0.4, 0.5) is 4.39 Å². The molecule has 1 amide bonds. The van der Waals surface area contributed by atoms with E-state index in [1.54, 1.807) is 6.07 Å². The maximum atomic E-state index is 13.0. The van der Waals surface area contributed by atoms with Gasteiger partial charge in [0.2, 0.25) is 5.91 Å². The predicted molar refractivity (Wildman–Crippen MR) is 65.9 cm³/mol. The van der Waals surface area contributed by atoms with Crippen molar-refractivity contribution in [2.45, 2.75) is 19.8 Å². The van der Waals surface area contributed by atoms with Crippen molar-refractivity contribution in [1.82, 2.24) is 5.32 Å². The lowest BCUT2D eigenvalue weighted by molar-refractivity contribution is -0.121. The summed E-state index contributed by atoms with van der Waals surface area (Å²) in [7, 11) is 0. The van der Waals surface area contributed by atoms with Gasteiger partial charge >= 0.3 is 0 Å². The molecule has 4 heteroatoms. The van der Waals surface area contributed by atoms with E-state index in [0.717, 1.165) is 5.56 Å². The molecule has 0 saturated carbocycles. The Hall–Kier alpha value is -1.42. The first-order chi connectivity index (χ1) is 8.11. The highest BCUT2D eigenvalue weighted by Crippen LogP contribution is 2.12. The second-order valence-electron chi connectivity index (χ2n) is 4.28. The lowest BCUT2D eigenvalue weighted by Crippen LogP contribution is -2.30. The van der Waals surface area contributed by atoms with Gasteiger partial charge in [-0.25, -0.2) is 4.39 Å². The molecule has 3 N–H and O–H groups in total. The highest BCUT2D eigenvalue weighted by Gasteiger charge is 2.09. The molecule has 0 heterocycles. The Bertz CT molecular complexity index is 368. The minimum atomic E-state index is -0.234. The van der Waals surface area contributed by atoms with Crippen LogP contribution in [-0.2, 0) is 11.2 Å². The number of nitrogens with one attached hydrogen (secondary N) is 1. The summed E-state index contributed by atoms with van der Waals surface area (Å²) in [6.07, 6.45) is 1.14. The summed E-state index contributed by atoms with van der Waals surface area (Å²) in [4.78, 5) is 11.4. The van der Waals surface area contributed by atoms with E-state index in [2.05, 4.69) is 5.32 Å². The zero-order chi connectivity index (χ0) is 12.7. The van der Waals surface area contributed by atoms with Crippen LogP contribution in [0.2, 0.25) is 0 Å². The van der Waals surface area contributed by atoms with Gasteiger partial charge in [0.05, 0.1) is 0 Å². The zero-order valence-corrected chi connectivity index (χ0v) is 10.1. The highest BCUT2D eigenvalue weighted by atomic mass is 19.1. The van der Waals surface area contributed by atoms with E-state index in [4.69, 9.17) is 5.73 Å². The Labute approximate surface area is 101 Å². The van der Waals surface area contributed by atoms with Crippen molar-refractivity contribution in [3.05, 3.63) is 35.6 Å². The molecule has 94 valence electrons. The average Bonchev–Trinajstić information content (AvgIpc) is 2.26. The van der Waals surface area contributed by atoms with Crippen LogP contribution in [0.15, 0.2) is 24.3 Å². The molecule has 3 nitrogen and oxygen atoms in total. The molecule has 1 aromatic carbocycles. The summed E-state index contributed by atoms with van der Waals surface area (Å²) < 4.78 is 13.0. The Kier molecular flexibility index (Phi) is 5.63. The lowest BCUT2D eigenvalue weighted by Gasteiger charge is -2.11. The van der Waals surface area contributed by atoms with Crippen molar-refractivity contribution in [3.63, 3.8) is 0 Å². The number of carbonyl (C=O) groups is 1. The number of hydrogen-bond acceptors (Lipinski definition) is 2. The second kappa shape index (κ2) is 7.01. The number of carbonyl (C=O) groups excluding carboxylic acids is 1. The van der Waals surface area contributed by atoms with Crippen molar-refractivity contribution < 1.29 is 9.18 Å². The van der Waals surface area contributed by atoms with Crippen molar-refractivity contribution in [2.24, 2.45) is 11.7 Å². The second-order valence-corrected chi connectivity index (χ2v) is 4.28. The van der Waals surface area contributed by atoms with E-state index in [1.807, 2.05) is 13.0 Å². The molecule has 0 radical (unpaired) electrons. The van der Waals surface area contributed by atoms with E-state index < -0.39 is 0 Å². The third-order valence-corrected chi connectivity index (χ3v) is 2.47. The van der Waals surface area contributed by atoms with E-state index in [0.29, 0.717) is 25.9 Å². The first kappa shape index (κ1) is 13.6. The molecule has 0 aliphatic heterocycles. The molecule has 17 heavy (non-hydrogen) atoms. The van der Waals surface area contributed by atoms with Crippen LogP contribution in [0.1, 0.15) is 18.9 Å². The summed E-state index contributed by atoms with van der Waals surface area (Å²) in [6.45, 7) is 2.93. The summed E-state index contributed by atoms with van der Waals surface area (Å²) >= 11 is 0. The summed E-state index contributed by atoms with van der Waals surface area (Å²) in [5.74, 6) is -0.0452. The Morgan fingerprint density at radius 3 is 2.94 bits per heavy atom. The first-order valence-electron chi connectivity index (χ1n) is 5.83. The third-order valence-electron chi connectivity index (χ3n) is 2.47.